The number of amides is 2. The van der Waals surface area contributed by atoms with Crippen LogP contribution >= 0.6 is 0 Å². The Hall–Kier alpha value is -3.22. The molecule has 0 aliphatic rings. The second-order valence-electron chi connectivity index (χ2n) is 5.34. The maximum absolute atomic E-state index is 13.7. The van der Waals surface area contributed by atoms with Crippen molar-refractivity contribution in [2.24, 2.45) is 5.73 Å². The molecular weight excluding hydrogens is 327 g/mol. The third-order valence-corrected chi connectivity index (χ3v) is 3.41. The SMILES string of the molecule is CC(=O)Oc1ccc(C(=O)N[C@@H](Cc2ccccc2F)C(N)=O)cc1. The molecule has 0 unspecified atom stereocenters. The van der Waals surface area contributed by atoms with Crippen molar-refractivity contribution in [3.63, 3.8) is 0 Å². The van der Waals surface area contributed by atoms with Crippen LogP contribution in [0, 0.1) is 5.82 Å². The number of ether oxygens (including phenoxy) is 1. The van der Waals surface area contributed by atoms with E-state index < -0.39 is 29.6 Å². The first-order valence-corrected chi connectivity index (χ1v) is 7.49. The number of carbonyl (C=O) groups excluding carboxylic acids is 3. The molecule has 0 aliphatic carbocycles. The van der Waals surface area contributed by atoms with Crippen LogP contribution in [-0.4, -0.2) is 23.8 Å². The van der Waals surface area contributed by atoms with Crippen LogP contribution in [-0.2, 0) is 16.0 Å². The predicted octanol–water partition coefficient (Wildman–Crippen LogP) is 1.58. The van der Waals surface area contributed by atoms with E-state index in [1.54, 1.807) is 6.07 Å². The molecule has 0 radical (unpaired) electrons. The Morgan fingerprint density at radius 3 is 2.32 bits per heavy atom. The van der Waals surface area contributed by atoms with Gasteiger partial charge in [0.1, 0.15) is 17.6 Å². The summed E-state index contributed by atoms with van der Waals surface area (Å²) in [6.45, 7) is 1.26. The summed E-state index contributed by atoms with van der Waals surface area (Å²) in [6.07, 6.45) is -0.0563. The Bertz CT molecular complexity index is 790. The molecule has 2 rings (SSSR count). The maximum Gasteiger partial charge on any atom is 0.308 e. The summed E-state index contributed by atoms with van der Waals surface area (Å²) >= 11 is 0. The summed E-state index contributed by atoms with van der Waals surface area (Å²) in [5, 5.41) is 2.48. The number of hydrogen-bond acceptors (Lipinski definition) is 4. The zero-order chi connectivity index (χ0) is 18.4. The molecule has 0 aliphatic heterocycles. The molecule has 0 saturated heterocycles. The minimum absolute atomic E-state index is 0.0563. The lowest BCUT2D eigenvalue weighted by Gasteiger charge is -2.16. The van der Waals surface area contributed by atoms with Crippen molar-refractivity contribution in [1.82, 2.24) is 5.32 Å². The van der Waals surface area contributed by atoms with Crippen molar-refractivity contribution in [3.05, 3.63) is 65.5 Å². The first-order valence-electron chi connectivity index (χ1n) is 7.49. The molecule has 2 aromatic rings. The molecule has 0 spiro atoms. The lowest BCUT2D eigenvalue weighted by Crippen LogP contribution is -2.46. The highest BCUT2D eigenvalue weighted by Crippen LogP contribution is 2.13. The Morgan fingerprint density at radius 1 is 1.12 bits per heavy atom. The fourth-order valence-corrected chi connectivity index (χ4v) is 2.19. The summed E-state index contributed by atoms with van der Waals surface area (Å²) in [6, 6.07) is 10.7. The van der Waals surface area contributed by atoms with Gasteiger partial charge in [0.15, 0.2) is 0 Å². The van der Waals surface area contributed by atoms with E-state index in [1.165, 1.54) is 49.4 Å². The number of rotatable bonds is 6. The molecule has 0 heterocycles. The third kappa shape index (κ3) is 5.13. The number of esters is 1. The molecule has 0 fully saturated rings. The van der Waals surface area contributed by atoms with Crippen LogP contribution in [0.3, 0.4) is 0 Å². The van der Waals surface area contributed by atoms with Crippen LogP contribution in [0.5, 0.6) is 5.75 Å². The normalized spacial score (nSPS) is 11.4. The van der Waals surface area contributed by atoms with Crippen LogP contribution in [0.1, 0.15) is 22.8 Å². The number of nitrogens with one attached hydrogen (secondary N) is 1. The highest BCUT2D eigenvalue weighted by atomic mass is 19.1. The topological polar surface area (TPSA) is 98.5 Å². The monoisotopic (exact) mass is 344 g/mol. The molecule has 6 nitrogen and oxygen atoms in total. The van der Waals surface area contributed by atoms with Crippen molar-refractivity contribution < 1.29 is 23.5 Å². The van der Waals surface area contributed by atoms with E-state index in [9.17, 15) is 18.8 Å². The lowest BCUT2D eigenvalue weighted by molar-refractivity contribution is -0.131. The fraction of sp³-hybridized carbons (Fsp3) is 0.167. The maximum atomic E-state index is 13.7. The number of benzene rings is 2. The van der Waals surface area contributed by atoms with Gasteiger partial charge in [-0.05, 0) is 35.9 Å². The lowest BCUT2D eigenvalue weighted by atomic mass is 10.0. The molecule has 7 heteroatoms. The number of primary amides is 1. The summed E-state index contributed by atoms with van der Waals surface area (Å²) in [5.74, 6) is -1.98. The smallest absolute Gasteiger partial charge is 0.308 e. The van der Waals surface area contributed by atoms with E-state index in [0.29, 0.717) is 5.75 Å². The number of nitrogens with two attached hydrogens (primary N) is 1. The van der Waals surface area contributed by atoms with Crippen LogP contribution in [0.2, 0.25) is 0 Å². The van der Waals surface area contributed by atoms with E-state index >= 15 is 0 Å². The minimum Gasteiger partial charge on any atom is -0.427 e. The summed E-state index contributed by atoms with van der Waals surface area (Å²) in [5.41, 5.74) is 5.83. The largest absolute Gasteiger partial charge is 0.427 e. The first kappa shape index (κ1) is 18.1. The molecule has 25 heavy (non-hydrogen) atoms. The fourth-order valence-electron chi connectivity index (χ4n) is 2.19. The van der Waals surface area contributed by atoms with Crippen LogP contribution < -0.4 is 15.8 Å². The summed E-state index contributed by atoms with van der Waals surface area (Å²) in [7, 11) is 0. The van der Waals surface area contributed by atoms with Gasteiger partial charge in [0.25, 0.3) is 5.91 Å². The van der Waals surface area contributed by atoms with Gasteiger partial charge in [-0.2, -0.15) is 0 Å². The van der Waals surface area contributed by atoms with E-state index in [4.69, 9.17) is 10.5 Å². The molecule has 0 bridgehead atoms. The van der Waals surface area contributed by atoms with Gasteiger partial charge in [-0.1, -0.05) is 18.2 Å². The van der Waals surface area contributed by atoms with Gasteiger partial charge in [0, 0.05) is 18.9 Å². The summed E-state index contributed by atoms with van der Waals surface area (Å²) < 4.78 is 18.6. The Balaban J connectivity index is 2.08. The second kappa shape index (κ2) is 8.05. The van der Waals surface area contributed by atoms with Crippen molar-refractivity contribution in [2.45, 2.75) is 19.4 Å². The Labute approximate surface area is 143 Å². The van der Waals surface area contributed by atoms with Crippen molar-refractivity contribution in [1.29, 1.82) is 0 Å². The molecule has 2 aromatic carbocycles. The van der Waals surface area contributed by atoms with Crippen molar-refractivity contribution in [3.8, 4) is 5.75 Å². The van der Waals surface area contributed by atoms with Gasteiger partial charge in [-0.15, -0.1) is 0 Å². The molecular formula is C18H17FN2O4. The van der Waals surface area contributed by atoms with E-state index in [-0.39, 0.29) is 17.5 Å². The van der Waals surface area contributed by atoms with Gasteiger partial charge >= 0.3 is 5.97 Å². The molecule has 0 aromatic heterocycles. The van der Waals surface area contributed by atoms with Crippen LogP contribution in [0.4, 0.5) is 4.39 Å². The Kier molecular flexibility index (Phi) is 5.84. The van der Waals surface area contributed by atoms with E-state index in [0.717, 1.165) is 0 Å². The number of halogens is 1. The molecule has 2 amide bonds. The molecule has 0 saturated carbocycles. The highest BCUT2D eigenvalue weighted by Gasteiger charge is 2.21. The van der Waals surface area contributed by atoms with Gasteiger partial charge in [0.2, 0.25) is 5.91 Å². The first-order chi connectivity index (χ1) is 11.9. The molecule has 1 atom stereocenters. The third-order valence-electron chi connectivity index (χ3n) is 3.41. The average Bonchev–Trinajstić information content (AvgIpc) is 2.56. The minimum atomic E-state index is -1.06. The number of hydrogen-bond donors (Lipinski definition) is 2. The van der Waals surface area contributed by atoms with E-state index in [2.05, 4.69) is 5.32 Å². The van der Waals surface area contributed by atoms with Crippen LogP contribution in [0.25, 0.3) is 0 Å². The highest BCUT2D eigenvalue weighted by molar-refractivity contribution is 5.97. The average molecular weight is 344 g/mol. The second-order valence-corrected chi connectivity index (χ2v) is 5.34. The van der Waals surface area contributed by atoms with Crippen molar-refractivity contribution in [2.75, 3.05) is 0 Å². The predicted molar refractivity (Wildman–Crippen MR) is 88.3 cm³/mol. The number of carbonyl (C=O) groups is 3. The quantitative estimate of drug-likeness (QED) is 0.614. The standard InChI is InChI=1S/C18H17FN2O4/c1-11(22)25-14-8-6-12(7-9-14)18(24)21-16(17(20)23)10-13-4-2-3-5-15(13)19/h2-9,16H,10H2,1H3,(H2,20,23)(H,21,24)/t16-/m0/s1. The van der Waals surface area contributed by atoms with Gasteiger partial charge in [-0.3, -0.25) is 14.4 Å². The van der Waals surface area contributed by atoms with Gasteiger partial charge in [0.05, 0.1) is 0 Å². The van der Waals surface area contributed by atoms with Gasteiger partial charge < -0.3 is 15.8 Å². The zero-order valence-electron chi connectivity index (χ0n) is 13.5. The van der Waals surface area contributed by atoms with E-state index in [1.807, 2.05) is 0 Å². The molecule has 3 N–H and O–H groups in total. The Morgan fingerprint density at radius 2 is 1.76 bits per heavy atom. The molecule has 130 valence electrons. The van der Waals surface area contributed by atoms with Gasteiger partial charge in [-0.25, -0.2) is 4.39 Å². The summed E-state index contributed by atoms with van der Waals surface area (Å²) in [4.78, 5) is 34.7. The van der Waals surface area contributed by atoms with Crippen molar-refractivity contribution >= 4 is 17.8 Å². The zero-order valence-corrected chi connectivity index (χ0v) is 13.5. The van der Waals surface area contributed by atoms with Crippen LogP contribution in [0.15, 0.2) is 48.5 Å².